The van der Waals surface area contributed by atoms with Gasteiger partial charge in [-0.25, -0.2) is 0 Å². The van der Waals surface area contributed by atoms with E-state index in [1.807, 2.05) is 18.2 Å². The van der Waals surface area contributed by atoms with Gasteiger partial charge in [0.15, 0.2) is 11.5 Å². The lowest BCUT2D eigenvalue weighted by Gasteiger charge is -2.05. The number of carbonyl (C=O) groups excluding carboxylic acids is 2. The molecule has 1 aromatic carbocycles. The molecule has 0 radical (unpaired) electrons. The molecule has 0 spiro atoms. The summed E-state index contributed by atoms with van der Waals surface area (Å²) >= 11 is 6.11. The minimum absolute atomic E-state index is 0.173. The van der Waals surface area contributed by atoms with Crippen LogP contribution < -0.4 is 10.6 Å². The van der Waals surface area contributed by atoms with Crippen LogP contribution in [0.2, 0.25) is 5.02 Å². The molecule has 0 aliphatic heterocycles. The molecule has 3 rings (SSSR count). The Morgan fingerprint density at radius 1 is 0.880 bits per heavy atom. The Bertz CT molecular complexity index is 871. The molecule has 0 aliphatic carbocycles. The minimum Gasteiger partial charge on any atom is -0.459 e. The van der Waals surface area contributed by atoms with Gasteiger partial charge in [-0.3, -0.25) is 9.59 Å². The maximum atomic E-state index is 12.1. The van der Waals surface area contributed by atoms with Crippen molar-refractivity contribution in [1.29, 1.82) is 0 Å². The van der Waals surface area contributed by atoms with E-state index in [1.165, 1.54) is 6.26 Å². The highest BCUT2D eigenvalue weighted by Gasteiger charge is 2.13. The molecule has 2 heterocycles. The molecule has 2 amide bonds. The highest BCUT2D eigenvalue weighted by Crippen LogP contribution is 2.28. The van der Waals surface area contributed by atoms with Crippen LogP contribution in [-0.2, 0) is 0 Å². The SMILES string of the molecule is O=C(NCCNC(=O)c1ccc(-c2ccccc2Cl)o1)c1ccco1. The van der Waals surface area contributed by atoms with Crippen molar-refractivity contribution in [2.45, 2.75) is 0 Å². The van der Waals surface area contributed by atoms with Crippen molar-refractivity contribution in [2.24, 2.45) is 0 Å². The van der Waals surface area contributed by atoms with Crippen LogP contribution in [0.15, 0.2) is 63.6 Å². The zero-order chi connectivity index (χ0) is 17.6. The van der Waals surface area contributed by atoms with Gasteiger partial charge in [0.1, 0.15) is 5.76 Å². The first-order valence-electron chi connectivity index (χ1n) is 7.60. The van der Waals surface area contributed by atoms with Crippen molar-refractivity contribution < 1.29 is 18.4 Å². The van der Waals surface area contributed by atoms with E-state index in [1.54, 1.807) is 30.3 Å². The summed E-state index contributed by atoms with van der Waals surface area (Å²) in [5, 5.41) is 5.85. The van der Waals surface area contributed by atoms with Gasteiger partial charge in [-0.1, -0.05) is 23.7 Å². The average Bonchev–Trinajstić information content (AvgIpc) is 3.30. The first-order chi connectivity index (χ1) is 12.1. The summed E-state index contributed by atoms with van der Waals surface area (Å²) in [5.41, 5.74) is 0.717. The zero-order valence-corrected chi connectivity index (χ0v) is 13.9. The van der Waals surface area contributed by atoms with Crippen LogP contribution in [0.3, 0.4) is 0 Å². The van der Waals surface area contributed by atoms with Crippen LogP contribution in [0, 0.1) is 0 Å². The molecular formula is C18H15ClN2O4. The molecule has 25 heavy (non-hydrogen) atoms. The second kappa shape index (κ2) is 7.72. The molecule has 0 saturated heterocycles. The summed E-state index contributed by atoms with van der Waals surface area (Å²) in [4.78, 5) is 23.7. The summed E-state index contributed by atoms with van der Waals surface area (Å²) in [7, 11) is 0. The Kier molecular flexibility index (Phi) is 5.20. The number of benzene rings is 1. The summed E-state index contributed by atoms with van der Waals surface area (Å²) in [6, 6.07) is 13.7. The lowest BCUT2D eigenvalue weighted by Crippen LogP contribution is -2.34. The number of rotatable bonds is 6. The van der Waals surface area contributed by atoms with E-state index in [0.717, 1.165) is 0 Å². The van der Waals surface area contributed by atoms with Crippen LogP contribution in [0.5, 0.6) is 0 Å². The van der Waals surface area contributed by atoms with Crippen molar-refractivity contribution in [2.75, 3.05) is 13.1 Å². The molecule has 2 aromatic heterocycles. The monoisotopic (exact) mass is 358 g/mol. The third-order valence-electron chi connectivity index (χ3n) is 3.41. The first-order valence-corrected chi connectivity index (χ1v) is 7.97. The normalized spacial score (nSPS) is 10.4. The van der Waals surface area contributed by atoms with Crippen molar-refractivity contribution in [3.63, 3.8) is 0 Å². The van der Waals surface area contributed by atoms with Crippen LogP contribution in [-0.4, -0.2) is 24.9 Å². The lowest BCUT2D eigenvalue weighted by atomic mass is 10.2. The molecule has 0 saturated carbocycles. The Labute approximate surface area is 148 Å². The third-order valence-corrected chi connectivity index (χ3v) is 3.74. The molecule has 2 N–H and O–H groups in total. The van der Waals surface area contributed by atoms with E-state index in [4.69, 9.17) is 20.4 Å². The van der Waals surface area contributed by atoms with Crippen LogP contribution in [0.25, 0.3) is 11.3 Å². The van der Waals surface area contributed by atoms with E-state index in [2.05, 4.69) is 10.6 Å². The maximum absolute atomic E-state index is 12.1. The second-order valence-electron chi connectivity index (χ2n) is 5.13. The molecule has 3 aromatic rings. The van der Waals surface area contributed by atoms with Crippen molar-refractivity contribution in [3.05, 3.63) is 71.3 Å². The standard InChI is InChI=1S/C18H15ClN2O4/c19-13-5-2-1-4-12(13)14-7-8-16(25-14)18(23)21-10-9-20-17(22)15-6-3-11-24-15/h1-8,11H,9-10H2,(H,20,22)(H,21,23). The number of halogens is 1. The number of carbonyl (C=O) groups is 2. The van der Waals surface area contributed by atoms with E-state index in [0.29, 0.717) is 16.3 Å². The van der Waals surface area contributed by atoms with E-state index < -0.39 is 0 Å². The van der Waals surface area contributed by atoms with E-state index in [-0.39, 0.29) is 36.4 Å². The molecule has 0 fully saturated rings. The summed E-state index contributed by atoms with van der Waals surface area (Å²) < 4.78 is 10.5. The fourth-order valence-corrected chi connectivity index (χ4v) is 2.43. The molecule has 0 aliphatic rings. The van der Waals surface area contributed by atoms with Crippen LogP contribution >= 0.6 is 11.6 Å². The third kappa shape index (κ3) is 4.10. The predicted octanol–water partition coefficient (Wildman–Crippen LogP) is 3.35. The molecule has 7 heteroatoms. The number of hydrogen-bond donors (Lipinski definition) is 2. The number of nitrogens with one attached hydrogen (secondary N) is 2. The highest BCUT2D eigenvalue weighted by molar-refractivity contribution is 6.33. The predicted molar refractivity (Wildman–Crippen MR) is 92.5 cm³/mol. The number of amides is 2. The lowest BCUT2D eigenvalue weighted by molar-refractivity contribution is 0.0901. The van der Waals surface area contributed by atoms with Gasteiger partial charge < -0.3 is 19.5 Å². The minimum atomic E-state index is -0.370. The Morgan fingerprint density at radius 2 is 1.60 bits per heavy atom. The first kappa shape index (κ1) is 16.9. The van der Waals surface area contributed by atoms with Gasteiger partial charge in [0.25, 0.3) is 11.8 Å². The molecule has 0 unspecified atom stereocenters. The fourth-order valence-electron chi connectivity index (χ4n) is 2.20. The topological polar surface area (TPSA) is 84.5 Å². The molecule has 0 atom stereocenters. The van der Waals surface area contributed by atoms with E-state index in [9.17, 15) is 9.59 Å². The summed E-state index contributed by atoms with van der Waals surface area (Å²) in [6.45, 7) is 0.525. The fraction of sp³-hybridized carbons (Fsp3) is 0.111. The van der Waals surface area contributed by atoms with Crippen molar-refractivity contribution >= 4 is 23.4 Å². The average molecular weight is 359 g/mol. The van der Waals surface area contributed by atoms with Crippen molar-refractivity contribution in [1.82, 2.24) is 10.6 Å². The number of furan rings is 2. The van der Waals surface area contributed by atoms with Gasteiger partial charge in [-0.15, -0.1) is 0 Å². The zero-order valence-electron chi connectivity index (χ0n) is 13.1. The second-order valence-corrected chi connectivity index (χ2v) is 5.54. The summed E-state index contributed by atoms with van der Waals surface area (Å²) in [6.07, 6.45) is 1.42. The van der Waals surface area contributed by atoms with Gasteiger partial charge in [-0.05, 0) is 36.4 Å². The Balaban J connectivity index is 1.51. The van der Waals surface area contributed by atoms with Crippen LogP contribution in [0.1, 0.15) is 21.1 Å². The quantitative estimate of drug-likeness (QED) is 0.662. The largest absolute Gasteiger partial charge is 0.459 e. The van der Waals surface area contributed by atoms with Gasteiger partial charge >= 0.3 is 0 Å². The maximum Gasteiger partial charge on any atom is 0.287 e. The molecule has 0 bridgehead atoms. The highest BCUT2D eigenvalue weighted by atomic mass is 35.5. The smallest absolute Gasteiger partial charge is 0.287 e. The van der Waals surface area contributed by atoms with Crippen LogP contribution in [0.4, 0.5) is 0 Å². The molecule has 6 nitrogen and oxygen atoms in total. The molecule has 128 valence electrons. The Morgan fingerprint density at radius 3 is 2.28 bits per heavy atom. The van der Waals surface area contributed by atoms with Gasteiger partial charge in [0.05, 0.1) is 11.3 Å². The van der Waals surface area contributed by atoms with Gasteiger partial charge in [0, 0.05) is 18.7 Å². The van der Waals surface area contributed by atoms with Crippen molar-refractivity contribution in [3.8, 4) is 11.3 Å². The van der Waals surface area contributed by atoms with Gasteiger partial charge in [0.2, 0.25) is 0 Å². The van der Waals surface area contributed by atoms with E-state index >= 15 is 0 Å². The summed E-state index contributed by atoms with van der Waals surface area (Å²) in [5.74, 6) is 0.208. The molecular weight excluding hydrogens is 344 g/mol. The Hall–Kier alpha value is -2.99. The number of hydrogen-bond acceptors (Lipinski definition) is 4. The van der Waals surface area contributed by atoms with Gasteiger partial charge in [-0.2, -0.15) is 0 Å².